The quantitative estimate of drug-likeness (QED) is 0.697. The first-order valence-electron chi connectivity index (χ1n) is 9.97. The number of anilines is 2. The molecule has 0 bridgehead atoms. The highest BCUT2D eigenvalue weighted by atomic mass is 16.2. The van der Waals surface area contributed by atoms with E-state index in [1.165, 1.54) is 9.13 Å². The van der Waals surface area contributed by atoms with Crippen molar-refractivity contribution in [2.75, 3.05) is 11.4 Å². The molecule has 0 fully saturated rings. The Kier molecular flexibility index (Phi) is 4.61. The van der Waals surface area contributed by atoms with Crippen molar-refractivity contribution in [2.45, 2.75) is 46.7 Å². The van der Waals surface area contributed by atoms with Crippen LogP contribution in [0.15, 0.2) is 33.9 Å². The highest BCUT2D eigenvalue weighted by Crippen LogP contribution is 2.34. The molecule has 1 aliphatic heterocycles. The Morgan fingerprint density at radius 3 is 2.64 bits per heavy atom. The molecule has 7 nitrogen and oxygen atoms in total. The maximum absolute atomic E-state index is 13.2. The second-order valence-electron chi connectivity index (χ2n) is 7.85. The maximum Gasteiger partial charge on any atom is 0.332 e. The number of rotatable bonds is 4. The van der Waals surface area contributed by atoms with Gasteiger partial charge in [-0.2, -0.15) is 4.98 Å². The molecule has 0 saturated carbocycles. The third kappa shape index (κ3) is 2.77. The van der Waals surface area contributed by atoms with Crippen molar-refractivity contribution in [2.24, 2.45) is 13.0 Å². The number of para-hydroxylation sites is 1. The molecule has 0 aliphatic carbocycles. The highest BCUT2D eigenvalue weighted by Gasteiger charge is 2.30. The van der Waals surface area contributed by atoms with Crippen molar-refractivity contribution in [1.82, 2.24) is 18.7 Å². The fourth-order valence-electron chi connectivity index (χ4n) is 4.09. The number of unbranched alkanes of at least 4 members (excludes halogenated alkanes) is 1. The zero-order valence-electron chi connectivity index (χ0n) is 17.0. The highest BCUT2D eigenvalue weighted by molar-refractivity contribution is 5.77. The van der Waals surface area contributed by atoms with E-state index in [2.05, 4.69) is 37.8 Å². The number of nitrogens with zero attached hydrogens (tertiary/aromatic N) is 5. The summed E-state index contributed by atoms with van der Waals surface area (Å²) in [6.45, 7) is 8.29. The first-order valence-corrected chi connectivity index (χ1v) is 9.97. The lowest BCUT2D eigenvalue weighted by Gasteiger charge is -2.33. The van der Waals surface area contributed by atoms with Gasteiger partial charge in [0.05, 0.1) is 0 Å². The molecule has 1 aliphatic rings. The van der Waals surface area contributed by atoms with Crippen LogP contribution in [0.2, 0.25) is 0 Å². The Labute approximate surface area is 163 Å². The molecule has 28 heavy (non-hydrogen) atoms. The van der Waals surface area contributed by atoms with Crippen LogP contribution in [0.25, 0.3) is 11.2 Å². The number of imidazole rings is 1. The standard InChI is InChI=1S/C21H27N5O2/c1-5-6-11-24-19(27)17-18(23(4)21(24)28)22-20-25(12-14(2)13-26(17)20)16-10-8-7-9-15(16)3/h7-10,14H,5-6,11-13H2,1-4H3. The topological polar surface area (TPSA) is 65.1 Å². The molecule has 148 valence electrons. The Morgan fingerprint density at radius 1 is 1.18 bits per heavy atom. The van der Waals surface area contributed by atoms with Gasteiger partial charge in [-0.05, 0) is 30.9 Å². The van der Waals surface area contributed by atoms with Gasteiger partial charge in [-0.25, -0.2) is 4.79 Å². The lowest BCUT2D eigenvalue weighted by atomic mass is 10.1. The molecule has 2 aromatic heterocycles. The van der Waals surface area contributed by atoms with Crippen LogP contribution in [0.5, 0.6) is 0 Å². The summed E-state index contributed by atoms with van der Waals surface area (Å²) in [5.74, 6) is 1.09. The predicted octanol–water partition coefficient (Wildman–Crippen LogP) is 2.79. The van der Waals surface area contributed by atoms with Gasteiger partial charge >= 0.3 is 5.69 Å². The molecular formula is C21H27N5O2. The lowest BCUT2D eigenvalue weighted by Crippen LogP contribution is -2.40. The molecule has 0 spiro atoms. The smallest absolute Gasteiger partial charge is 0.311 e. The van der Waals surface area contributed by atoms with Gasteiger partial charge in [-0.1, -0.05) is 38.5 Å². The monoisotopic (exact) mass is 381 g/mol. The Hall–Kier alpha value is -2.83. The number of benzene rings is 1. The van der Waals surface area contributed by atoms with Gasteiger partial charge in [0.25, 0.3) is 5.56 Å². The number of fused-ring (bicyclic) bond motifs is 3. The molecule has 1 unspecified atom stereocenters. The van der Waals surface area contributed by atoms with Gasteiger partial charge < -0.3 is 9.47 Å². The van der Waals surface area contributed by atoms with Crippen LogP contribution in [-0.4, -0.2) is 25.2 Å². The maximum atomic E-state index is 13.2. The van der Waals surface area contributed by atoms with Crippen LogP contribution < -0.4 is 16.1 Å². The van der Waals surface area contributed by atoms with Crippen LogP contribution in [0.4, 0.5) is 11.6 Å². The van der Waals surface area contributed by atoms with Gasteiger partial charge in [-0.3, -0.25) is 13.9 Å². The summed E-state index contributed by atoms with van der Waals surface area (Å²) in [5.41, 5.74) is 2.70. The molecule has 3 aromatic rings. The molecule has 1 aromatic carbocycles. The van der Waals surface area contributed by atoms with Crippen molar-refractivity contribution in [3.8, 4) is 0 Å². The third-order valence-electron chi connectivity index (χ3n) is 5.58. The van der Waals surface area contributed by atoms with E-state index < -0.39 is 0 Å². The third-order valence-corrected chi connectivity index (χ3v) is 5.58. The van der Waals surface area contributed by atoms with E-state index in [9.17, 15) is 9.59 Å². The van der Waals surface area contributed by atoms with Crippen LogP contribution in [0.1, 0.15) is 32.3 Å². The molecule has 0 saturated heterocycles. The number of aromatic nitrogens is 4. The largest absolute Gasteiger partial charge is 0.332 e. The summed E-state index contributed by atoms with van der Waals surface area (Å²) in [7, 11) is 1.70. The predicted molar refractivity (Wildman–Crippen MR) is 111 cm³/mol. The molecular weight excluding hydrogens is 354 g/mol. The second kappa shape index (κ2) is 6.96. The van der Waals surface area contributed by atoms with E-state index in [1.807, 2.05) is 16.7 Å². The van der Waals surface area contributed by atoms with E-state index in [4.69, 9.17) is 4.98 Å². The minimum atomic E-state index is -0.295. The van der Waals surface area contributed by atoms with Crippen molar-refractivity contribution in [3.63, 3.8) is 0 Å². The molecule has 0 N–H and O–H groups in total. The first-order chi connectivity index (χ1) is 13.4. The number of hydrogen-bond acceptors (Lipinski definition) is 4. The molecule has 1 atom stereocenters. The summed E-state index contributed by atoms with van der Waals surface area (Å²) in [4.78, 5) is 32.9. The van der Waals surface area contributed by atoms with Crippen molar-refractivity contribution < 1.29 is 0 Å². The minimum Gasteiger partial charge on any atom is -0.311 e. The fraction of sp³-hybridized carbons (Fsp3) is 0.476. The molecule has 7 heteroatoms. The zero-order valence-corrected chi connectivity index (χ0v) is 17.0. The summed E-state index contributed by atoms with van der Waals surface area (Å²) in [5, 5.41) is 0. The summed E-state index contributed by atoms with van der Waals surface area (Å²) < 4.78 is 4.87. The van der Waals surface area contributed by atoms with E-state index in [-0.39, 0.29) is 11.2 Å². The van der Waals surface area contributed by atoms with E-state index in [0.717, 1.165) is 43.1 Å². The van der Waals surface area contributed by atoms with E-state index >= 15 is 0 Å². The minimum absolute atomic E-state index is 0.232. The van der Waals surface area contributed by atoms with Gasteiger partial charge in [0.15, 0.2) is 11.2 Å². The average molecular weight is 381 g/mol. The van der Waals surface area contributed by atoms with Crippen LogP contribution in [0, 0.1) is 12.8 Å². The van der Waals surface area contributed by atoms with Crippen molar-refractivity contribution in [1.29, 1.82) is 0 Å². The van der Waals surface area contributed by atoms with E-state index in [0.29, 0.717) is 23.6 Å². The fourth-order valence-corrected chi connectivity index (χ4v) is 4.09. The number of hydrogen-bond donors (Lipinski definition) is 0. The van der Waals surface area contributed by atoms with E-state index in [1.54, 1.807) is 7.05 Å². The van der Waals surface area contributed by atoms with Gasteiger partial charge in [0.2, 0.25) is 5.95 Å². The van der Waals surface area contributed by atoms with Gasteiger partial charge in [-0.15, -0.1) is 0 Å². The molecule has 0 radical (unpaired) electrons. The van der Waals surface area contributed by atoms with Gasteiger partial charge in [0, 0.05) is 32.4 Å². The van der Waals surface area contributed by atoms with Crippen LogP contribution in [-0.2, 0) is 20.1 Å². The zero-order chi connectivity index (χ0) is 20.0. The average Bonchev–Trinajstić information content (AvgIpc) is 3.06. The SMILES string of the molecule is CCCCn1c(=O)c2c(nc3n2CC(C)CN3c2ccccc2C)n(C)c1=O. The summed E-state index contributed by atoms with van der Waals surface area (Å²) >= 11 is 0. The summed E-state index contributed by atoms with van der Waals surface area (Å²) in [6, 6.07) is 8.19. The Balaban J connectivity index is 2.00. The number of aryl methyl sites for hydroxylation is 2. The first kappa shape index (κ1) is 18.5. The van der Waals surface area contributed by atoms with Crippen LogP contribution in [0.3, 0.4) is 0 Å². The van der Waals surface area contributed by atoms with Gasteiger partial charge in [0.1, 0.15) is 0 Å². The lowest BCUT2D eigenvalue weighted by molar-refractivity contribution is 0.457. The van der Waals surface area contributed by atoms with Crippen molar-refractivity contribution >= 4 is 22.8 Å². The van der Waals surface area contributed by atoms with Crippen molar-refractivity contribution in [3.05, 3.63) is 50.7 Å². The Bertz CT molecular complexity index is 1150. The second-order valence-corrected chi connectivity index (χ2v) is 7.85. The molecule has 0 amide bonds. The normalized spacial score (nSPS) is 16.6. The molecule has 3 heterocycles. The Morgan fingerprint density at radius 2 is 1.93 bits per heavy atom. The van der Waals surface area contributed by atoms with Crippen LogP contribution >= 0.6 is 0 Å². The molecule has 4 rings (SSSR count). The summed E-state index contributed by atoms with van der Waals surface area (Å²) in [6.07, 6.45) is 1.73.